The molecule has 41 heavy (non-hydrogen) atoms. The molecule has 2 heterocycles. The topological polar surface area (TPSA) is 39.4 Å². The summed E-state index contributed by atoms with van der Waals surface area (Å²) in [6.07, 6.45) is 22.7. The minimum Gasteiger partial charge on any atom is -0.351 e. The lowest BCUT2D eigenvalue weighted by Crippen LogP contribution is -2.61. The molecule has 2 aliphatic heterocycles. The average molecular weight is 547 g/mol. The maximum absolute atomic E-state index is 9.61. The predicted octanol–water partition coefficient (Wildman–Crippen LogP) is 7.52. The van der Waals surface area contributed by atoms with Crippen LogP contribution in [0, 0.1) is 17.2 Å². The highest BCUT2D eigenvalue weighted by atomic mass is 28.3. The summed E-state index contributed by atoms with van der Waals surface area (Å²) in [7, 11) is -0.953. The van der Waals surface area contributed by atoms with Gasteiger partial charge in [-0.25, -0.2) is 0 Å². The van der Waals surface area contributed by atoms with E-state index in [0.717, 1.165) is 0 Å². The van der Waals surface area contributed by atoms with E-state index in [2.05, 4.69) is 151 Å². The Kier molecular flexibility index (Phi) is 6.74. The quantitative estimate of drug-likeness (QED) is 0.318. The molecule has 4 aliphatic rings. The van der Waals surface area contributed by atoms with Crippen molar-refractivity contribution in [1.82, 2.24) is 0 Å². The molecule has 3 aromatic rings. The lowest BCUT2D eigenvalue weighted by atomic mass is 9.86. The molecule has 6 unspecified atom stereocenters. The minimum absolute atomic E-state index is 0.0938. The number of nitrogens with zero attached hydrogens (tertiary/aromatic N) is 3. The Morgan fingerprint density at radius 2 is 1.32 bits per heavy atom. The Labute approximate surface area is 244 Å². The molecule has 7 rings (SSSR count). The summed E-state index contributed by atoms with van der Waals surface area (Å²) in [6, 6.07) is 31.4. The number of allylic oxidation sites excluding steroid dienone is 5. The number of rotatable bonds is 4. The Morgan fingerprint density at radius 3 is 2.02 bits per heavy atom. The highest BCUT2D eigenvalue weighted by molar-refractivity contribution is 6.77. The van der Waals surface area contributed by atoms with Gasteiger partial charge in [0.2, 0.25) is 0 Å². The van der Waals surface area contributed by atoms with Crippen molar-refractivity contribution in [3.05, 3.63) is 145 Å². The number of benzene rings is 3. The molecule has 0 aromatic heterocycles. The smallest absolute Gasteiger partial charge is 0.351 e. The molecule has 0 bridgehead atoms. The summed E-state index contributed by atoms with van der Waals surface area (Å²) in [5, 5.41) is 11.1. The average Bonchev–Trinajstić information content (AvgIpc) is 3.04. The molecule has 198 valence electrons. The van der Waals surface area contributed by atoms with Crippen LogP contribution in [0.5, 0.6) is 0 Å². The monoisotopic (exact) mass is 546 g/mol. The Balaban J connectivity index is 1.38. The van der Waals surface area contributed by atoms with Crippen LogP contribution in [-0.2, 0) is 0 Å². The van der Waals surface area contributed by atoms with Gasteiger partial charge in [0.05, 0.1) is 23.3 Å². The Morgan fingerprint density at radius 1 is 0.707 bits per heavy atom. The number of hydrogen-bond donors (Lipinski definition) is 0. The molecule has 2 aliphatic carbocycles. The molecule has 1 fully saturated rings. The molecule has 3 aromatic carbocycles. The fourth-order valence-electron chi connectivity index (χ4n) is 7.06. The summed E-state index contributed by atoms with van der Waals surface area (Å²) in [6.45, 7) is 2.19. The van der Waals surface area contributed by atoms with Gasteiger partial charge in [0.25, 0.3) is 0 Å². The van der Waals surface area contributed by atoms with Gasteiger partial charge in [0.1, 0.15) is 22.9 Å². The number of nitriles is 1. The van der Waals surface area contributed by atoms with E-state index in [1.54, 1.807) is 0 Å². The highest BCUT2D eigenvalue weighted by Crippen LogP contribution is 2.49. The SMILES string of the molecule is CC1C=CC(C#N)=NC1c1ccccc1-c1ccccc1N1C2C=CC=CC2[Si+](c2ccccc2)C2C=CC=CC21. The van der Waals surface area contributed by atoms with E-state index in [1.807, 2.05) is 6.08 Å². The van der Waals surface area contributed by atoms with Crippen molar-refractivity contribution in [1.29, 1.82) is 5.26 Å². The van der Waals surface area contributed by atoms with Gasteiger partial charge in [0, 0.05) is 17.2 Å². The van der Waals surface area contributed by atoms with E-state index >= 15 is 0 Å². The normalized spacial score (nSPS) is 27.7. The standard InChI is InChI=1S/C37H32N3Si/c1-26-23-24-27(25-38)39-37(26)31-17-6-5-15-29(31)30-16-7-8-18-32(30)40-33-19-9-11-21-35(33)41(28-13-3-2-4-14-28)36-22-12-10-20-34(36)40/h2-24,26,33-37H,1H3/q+1. The first-order valence-electron chi connectivity index (χ1n) is 14.5. The van der Waals surface area contributed by atoms with Crippen LogP contribution in [0.2, 0.25) is 11.1 Å². The lowest BCUT2D eigenvalue weighted by molar-refractivity contribution is 0.564. The summed E-state index contributed by atoms with van der Waals surface area (Å²) in [5.74, 6) is 0.207. The summed E-state index contributed by atoms with van der Waals surface area (Å²) >= 11 is 0. The third-order valence-electron chi connectivity index (χ3n) is 8.88. The number of para-hydroxylation sites is 1. The molecule has 0 radical (unpaired) electrons. The van der Waals surface area contributed by atoms with Gasteiger partial charge in [-0.15, -0.1) is 0 Å². The fourth-order valence-corrected chi connectivity index (χ4v) is 10.8. The second kappa shape index (κ2) is 10.8. The molecule has 0 amide bonds. The molecule has 4 heteroatoms. The maximum atomic E-state index is 9.61. The number of fused-ring (bicyclic) bond motifs is 2. The van der Waals surface area contributed by atoms with Gasteiger partial charge in [-0.1, -0.05) is 110 Å². The minimum atomic E-state index is -0.953. The number of aliphatic imine (C=N–C) groups is 1. The molecular formula is C37H32N3Si+. The number of anilines is 1. The number of hydrogen-bond acceptors (Lipinski definition) is 3. The van der Waals surface area contributed by atoms with Gasteiger partial charge >= 0.3 is 8.80 Å². The molecule has 3 nitrogen and oxygen atoms in total. The molecule has 6 atom stereocenters. The van der Waals surface area contributed by atoms with E-state index in [-0.39, 0.29) is 24.0 Å². The second-order valence-corrected chi connectivity index (χ2v) is 14.0. The summed E-state index contributed by atoms with van der Waals surface area (Å²) in [4.78, 5) is 7.56. The van der Waals surface area contributed by atoms with Crippen LogP contribution in [0.1, 0.15) is 18.5 Å². The largest absolute Gasteiger partial charge is 0.372 e. The highest BCUT2D eigenvalue weighted by Gasteiger charge is 2.59. The van der Waals surface area contributed by atoms with Crippen LogP contribution < -0.4 is 10.1 Å². The fraction of sp³-hybridized carbons (Fsp3) is 0.189. The van der Waals surface area contributed by atoms with Gasteiger partial charge in [-0.05, 0) is 47.6 Å². The van der Waals surface area contributed by atoms with E-state index in [4.69, 9.17) is 4.99 Å². The van der Waals surface area contributed by atoms with Crippen molar-refractivity contribution in [3.8, 4) is 17.2 Å². The van der Waals surface area contributed by atoms with Crippen LogP contribution >= 0.6 is 0 Å². The molecule has 0 spiro atoms. The van der Waals surface area contributed by atoms with Crippen molar-refractivity contribution in [3.63, 3.8) is 0 Å². The Bertz CT molecular complexity index is 1640. The lowest BCUT2D eigenvalue weighted by Gasteiger charge is -2.47. The first-order chi connectivity index (χ1) is 20.2. The van der Waals surface area contributed by atoms with E-state index in [1.165, 1.54) is 27.6 Å². The van der Waals surface area contributed by atoms with Crippen molar-refractivity contribution in [2.45, 2.75) is 36.1 Å². The van der Waals surface area contributed by atoms with Gasteiger partial charge in [0.15, 0.2) is 0 Å². The zero-order valence-corrected chi connectivity index (χ0v) is 24.1. The summed E-state index contributed by atoms with van der Waals surface area (Å²) < 4.78 is 0. The van der Waals surface area contributed by atoms with Gasteiger partial charge in [-0.2, -0.15) is 5.26 Å². The Hall–Kier alpha value is -4.46. The summed E-state index contributed by atoms with van der Waals surface area (Å²) in [5.41, 5.74) is 6.21. The van der Waals surface area contributed by atoms with E-state index in [0.29, 0.717) is 16.8 Å². The molecule has 0 saturated carbocycles. The predicted molar refractivity (Wildman–Crippen MR) is 172 cm³/mol. The van der Waals surface area contributed by atoms with Crippen LogP contribution in [0.3, 0.4) is 0 Å². The van der Waals surface area contributed by atoms with Crippen molar-refractivity contribution >= 4 is 25.4 Å². The third-order valence-corrected chi connectivity index (χ3v) is 12.4. The first-order valence-corrected chi connectivity index (χ1v) is 16.1. The van der Waals surface area contributed by atoms with E-state index < -0.39 is 8.80 Å². The van der Waals surface area contributed by atoms with E-state index in [9.17, 15) is 5.26 Å². The zero-order chi connectivity index (χ0) is 27.8. The molecule has 1 saturated heterocycles. The van der Waals surface area contributed by atoms with Crippen LogP contribution in [-0.4, -0.2) is 26.6 Å². The maximum Gasteiger partial charge on any atom is 0.372 e. The van der Waals surface area contributed by atoms with Gasteiger partial charge < -0.3 is 4.90 Å². The zero-order valence-electron chi connectivity index (χ0n) is 23.1. The van der Waals surface area contributed by atoms with Crippen LogP contribution in [0.15, 0.2) is 145 Å². The second-order valence-electron chi connectivity index (χ2n) is 11.2. The molecule has 0 N–H and O–H groups in total. The molecular weight excluding hydrogens is 515 g/mol. The van der Waals surface area contributed by atoms with Gasteiger partial charge in [-0.3, -0.25) is 4.99 Å². The van der Waals surface area contributed by atoms with Crippen LogP contribution in [0.4, 0.5) is 5.69 Å². The number of dihydropyridines is 1. The van der Waals surface area contributed by atoms with Crippen LogP contribution in [0.25, 0.3) is 11.1 Å². The first kappa shape index (κ1) is 25.5. The van der Waals surface area contributed by atoms with Crippen molar-refractivity contribution < 1.29 is 0 Å². The third kappa shape index (κ3) is 4.47. The van der Waals surface area contributed by atoms with Crippen molar-refractivity contribution in [2.24, 2.45) is 10.9 Å². The van der Waals surface area contributed by atoms with Crippen molar-refractivity contribution in [2.75, 3.05) is 4.90 Å².